The molecule has 2 rings (SSSR count). The topological polar surface area (TPSA) is 90.7 Å². The zero-order valence-corrected chi connectivity index (χ0v) is 13.8. The Labute approximate surface area is 136 Å². The van der Waals surface area contributed by atoms with E-state index in [-0.39, 0.29) is 23.3 Å². The highest BCUT2D eigenvalue weighted by Gasteiger charge is 2.24. The Balaban J connectivity index is 2.24. The number of benzene rings is 1. The number of hydrogen-bond donors (Lipinski definition) is 2. The van der Waals surface area contributed by atoms with Gasteiger partial charge in [0, 0.05) is 12.1 Å². The molecule has 1 fully saturated rings. The van der Waals surface area contributed by atoms with E-state index in [9.17, 15) is 9.59 Å². The van der Waals surface area contributed by atoms with Gasteiger partial charge in [0.25, 0.3) is 11.8 Å². The highest BCUT2D eigenvalue weighted by molar-refractivity contribution is 6.02. The van der Waals surface area contributed by atoms with Crippen molar-refractivity contribution in [3.63, 3.8) is 0 Å². The van der Waals surface area contributed by atoms with Crippen LogP contribution in [0, 0.1) is 5.92 Å². The first kappa shape index (κ1) is 17.1. The quantitative estimate of drug-likeness (QED) is 0.869. The van der Waals surface area contributed by atoms with Crippen molar-refractivity contribution in [2.45, 2.75) is 38.6 Å². The molecule has 1 aromatic carbocycles. The lowest BCUT2D eigenvalue weighted by Crippen LogP contribution is -2.37. The third-order valence-electron chi connectivity index (χ3n) is 4.38. The van der Waals surface area contributed by atoms with Crippen LogP contribution in [0.25, 0.3) is 0 Å². The number of nitrogens with one attached hydrogen (secondary N) is 1. The van der Waals surface area contributed by atoms with Crippen molar-refractivity contribution in [3.05, 3.63) is 23.3 Å². The van der Waals surface area contributed by atoms with Crippen LogP contribution in [0.5, 0.6) is 11.5 Å². The molecule has 0 saturated heterocycles. The Morgan fingerprint density at radius 1 is 1.04 bits per heavy atom. The summed E-state index contributed by atoms with van der Waals surface area (Å²) in [4.78, 5) is 24.1. The maximum Gasteiger partial charge on any atom is 0.255 e. The summed E-state index contributed by atoms with van der Waals surface area (Å²) >= 11 is 0. The summed E-state index contributed by atoms with van der Waals surface area (Å²) in [5.74, 6) is 0.447. The number of amides is 2. The maximum absolute atomic E-state index is 12.6. The van der Waals surface area contributed by atoms with Gasteiger partial charge in [-0.1, -0.05) is 6.92 Å². The van der Waals surface area contributed by atoms with Crippen molar-refractivity contribution in [2.24, 2.45) is 11.7 Å². The molecule has 6 heteroatoms. The minimum absolute atomic E-state index is 0.155. The summed E-state index contributed by atoms with van der Waals surface area (Å²) in [6.07, 6.45) is 4.15. The molecular formula is C17H24N2O4. The Morgan fingerprint density at radius 2 is 1.61 bits per heavy atom. The Kier molecular flexibility index (Phi) is 5.47. The van der Waals surface area contributed by atoms with E-state index in [0.29, 0.717) is 17.2 Å². The Bertz CT molecular complexity index is 593. The first-order valence-corrected chi connectivity index (χ1v) is 7.83. The van der Waals surface area contributed by atoms with Gasteiger partial charge in [-0.15, -0.1) is 0 Å². The number of primary amides is 1. The lowest BCUT2D eigenvalue weighted by molar-refractivity contribution is 0.0920. The molecule has 0 spiro atoms. The number of methoxy groups -OCH3 is 2. The zero-order valence-electron chi connectivity index (χ0n) is 13.8. The molecule has 3 N–H and O–H groups in total. The molecule has 0 atom stereocenters. The van der Waals surface area contributed by atoms with E-state index in [0.717, 1.165) is 25.7 Å². The summed E-state index contributed by atoms with van der Waals surface area (Å²) < 4.78 is 10.4. The van der Waals surface area contributed by atoms with E-state index in [1.165, 1.54) is 26.4 Å². The van der Waals surface area contributed by atoms with Gasteiger partial charge in [0.1, 0.15) is 11.5 Å². The van der Waals surface area contributed by atoms with Crippen LogP contribution >= 0.6 is 0 Å². The fraction of sp³-hybridized carbons (Fsp3) is 0.529. The van der Waals surface area contributed by atoms with E-state index in [1.54, 1.807) is 0 Å². The van der Waals surface area contributed by atoms with Crippen molar-refractivity contribution in [1.82, 2.24) is 5.32 Å². The molecule has 0 aliphatic heterocycles. The highest BCUT2D eigenvalue weighted by Crippen LogP contribution is 2.30. The molecule has 1 aliphatic rings. The minimum Gasteiger partial charge on any atom is -0.496 e. The predicted molar refractivity (Wildman–Crippen MR) is 87.0 cm³/mol. The molecule has 0 unspecified atom stereocenters. The summed E-state index contributed by atoms with van der Waals surface area (Å²) in [6.45, 7) is 2.23. The van der Waals surface area contributed by atoms with Crippen LogP contribution in [-0.4, -0.2) is 32.1 Å². The first-order valence-electron chi connectivity index (χ1n) is 7.83. The number of carbonyl (C=O) groups is 2. The van der Waals surface area contributed by atoms with Crippen molar-refractivity contribution in [2.75, 3.05) is 14.2 Å². The van der Waals surface area contributed by atoms with Crippen molar-refractivity contribution >= 4 is 11.8 Å². The molecule has 126 valence electrons. The fourth-order valence-corrected chi connectivity index (χ4v) is 2.94. The normalized spacial score (nSPS) is 20.7. The number of nitrogens with two attached hydrogens (primary N) is 1. The maximum atomic E-state index is 12.6. The average Bonchev–Trinajstić information content (AvgIpc) is 2.55. The van der Waals surface area contributed by atoms with Gasteiger partial charge in [-0.2, -0.15) is 0 Å². The van der Waals surface area contributed by atoms with Crippen molar-refractivity contribution in [3.8, 4) is 11.5 Å². The van der Waals surface area contributed by atoms with Crippen molar-refractivity contribution in [1.29, 1.82) is 0 Å². The van der Waals surface area contributed by atoms with Gasteiger partial charge in [0.05, 0.1) is 25.3 Å². The van der Waals surface area contributed by atoms with Crippen LogP contribution in [0.4, 0.5) is 0 Å². The van der Waals surface area contributed by atoms with Crippen LogP contribution < -0.4 is 20.5 Å². The van der Waals surface area contributed by atoms with E-state index in [4.69, 9.17) is 15.2 Å². The molecule has 0 radical (unpaired) electrons. The van der Waals surface area contributed by atoms with Crippen LogP contribution in [0.1, 0.15) is 53.3 Å². The summed E-state index contributed by atoms with van der Waals surface area (Å²) in [6, 6.07) is 3.10. The first-order chi connectivity index (χ1) is 11.0. The second kappa shape index (κ2) is 7.35. The summed E-state index contributed by atoms with van der Waals surface area (Å²) in [5, 5.41) is 3.02. The van der Waals surface area contributed by atoms with Gasteiger partial charge in [-0.25, -0.2) is 0 Å². The van der Waals surface area contributed by atoms with E-state index in [1.807, 2.05) is 0 Å². The standard InChI is InChI=1S/C17H24N2O4/c1-10-4-6-11(7-5-10)19-17(21)13-8-12(16(18)20)14(22-2)9-15(13)23-3/h8-11H,4-7H2,1-3H3,(H2,18,20)(H,19,21). The molecule has 0 bridgehead atoms. The van der Waals surface area contributed by atoms with Gasteiger partial charge in [-0.05, 0) is 37.7 Å². The second-order valence-electron chi connectivity index (χ2n) is 6.05. The number of carbonyl (C=O) groups excluding carboxylic acids is 2. The van der Waals surface area contributed by atoms with Crippen LogP contribution in [0.15, 0.2) is 12.1 Å². The Hall–Kier alpha value is -2.24. The smallest absolute Gasteiger partial charge is 0.255 e. The van der Waals surface area contributed by atoms with Crippen LogP contribution in [0.3, 0.4) is 0 Å². The minimum atomic E-state index is -0.648. The molecule has 2 amide bonds. The van der Waals surface area contributed by atoms with Gasteiger partial charge in [0.2, 0.25) is 0 Å². The number of hydrogen-bond acceptors (Lipinski definition) is 4. The predicted octanol–water partition coefficient (Wildman–Crippen LogP) is 2.11. The van der Waals surface area contributed by atoms with Gasteiger partial charge in [0.15, 0.2) is 0 Å². The lowest BCUT2D eigenvalue weighted by Gasteiger charge is -2.27. The Morgan fingerprint density at radius 3 is 2.13 bits per heavy atom. The number of ether oxygens (including phenoxy) is 2. The summed E-state index contributed by atoms with van der Waals surface area (Å²) in [5.41, 5.74) is 5.81. The molecule has 23 heavy (non-hydrogen) atoms. The molecular weight excluding hydrogens is 296 g/mol. The molecule has 6 nitrogen and oxygen atoms in total. The molecule has 0 heterocycles. The van der Waals surface area contributed by atoms with E-state index in [2.05, 4.69) is 12.2 Å². The molecule has 1 aliphatic carbocycles. The monoisotopic (exact) mass is 320 g/mol. The third-order valence-corrected chi connectivity index (χ3v) is 4.38. The lowest BCUT2D eigenvalue weighted by atomic mass is 9.87. The van der Waals surface area contributed by atoms with Gasteiger partial charge >= 0.3 is 0 Å². The molecule has 1 saturated carbocycles. The van der Waals surface area contributed by atoms with E-state index < -0.39 is 5.91 Å². The number of rotatable bonds is 5. The zero-order chi connectivity index (χ0) is 17.0. The third kappa shape index (κ3) is 3.94. The largest absolute Gasteiger partial charge is 0.496 e. The van der Waals surface area contributed by atoms with Gasteiger partial charge < -0.3 is 20.5 Å². The van der Waals surface area contributed by atoms with Crippen LogP contribution in [0.2, 0.25) is 0 Å². The molecule has 1 aromatic rings. The average molecular weight is 320 g/mol. The van der Waals surface area contributed by atoms with Crippen LogP contribution in [-0.2, 0) is 0 Å². The SMILES string of the molecule is COc1cc(OC)c(C(=O)NC2CCC(C)CC2)cc1C(N)=O. The molecule has 0 aromatic heterocycles. The van der Waals surface area contributed by atoms with E-state index >= 15 is 0 Å². The fourth-order valence-electron chi connectivity index (χ4n) is 2.94. The second-order valence-corrected chi connectivity index (χ2v) is 6.05. The van der Waals surface area contributed by atoms with Crippen molar-refractivity contribution < 1.29 is 19.1 Å². The van der Waals surface area contributed by atoms with Gasteiger partial charge in [-0.3, -0.25) is 9.59 Å². The highest BCUT2D eigenvalue weighted by atomic mass is 16.5. The summed E-state index contributed by atoms with van der Waals surface area (Å²) in [7, 11) is 2.90.